The number of hydrogen-bond acceptors (Lipinski definition) is 5. The second-order valence-electron chi connectivity index (χ2n) is 4.44. The summed E-state index contributed by atoms with van der Waals surface area (Å²) < 4.78 is 5.24. The van der Waals surface area contributed by atoms with E-state index >= 15 is 0 Å². The van der Waals surface area contributed by atoms with E-state index in [1.54, 1.807) is 0 Å². The van der Waals surface area contributed by atoms with Crippen LogP contribution in [0.1, 0.15) is 20.8 Å². The van der Waals surface area contributed by atoms with E-state index < -0.39 is 5.97 Å². The zero-order chi connectivity index (χ0) is 14.4. The number of carbonyl (C=O) groups is 2. The molecule has 0 spiro atoms. The molecule has 2 heterocycles. The Bertz CT molecular complexity index is 486. The number of amides is 1. The molecule has 2 N–H and O–H groups in total. The number of nitrogens with one attached hydrogen (secondary N) is 1. The highest BCUT2D eigenvalue weighted by Crippen LogP contribution is 2.02. The summed E-state index contributed by atoms with van der Waals surface area (Å²) in [5.41, 5.74) is 0.171. The van der Waals surface area contributed by atoms with Crippen LogP contribution in [0.5, 0.6) is 0 Å². The lowest BCUT2D eigenvalue weighted by Gasteiger charge is -2.26. The van der Waals surface area contributed by atoms with E-state index in [0.717, 1.165) is 32.8 Å². The summed E-state index contributed by atoms with van der Waals surface area (Å²) in [5, 5.41) is 11.6. The smallest absolute Gasteiger partial charge is 0.354 e. The van der Waals surface area contributed by atoms with Gasteiger partial charge in [0.05, 0.1) is 13.2 Å². The lowest BCUT2D eigenvalue weighted by molar-refractivity contribution is 0.0383. The van der Waals surface area contributed by atoms with E-state index in [0.29, 0.717) is 12.1 Å². The van der Waals surface area contributed by atoms with Crippen LogP contribution in [0.4, 0.5) is 0 Å². The van der Waals surface area contributed by atoms with Crippen LogP contribution in [0, 0.1) is 0 Å². The first-order chi connectivity index (χ1) is 9.66. The van der Waals surface area contributed by atoms with E-state index in [4.69, 9.17) is 9.84 Å². The first kappa shape index (κ1) is 14.4. The van der Waals surface area contributed by atoms with E-state index in [-0.39, 0.29) is 11.6 Å². The van der Waals surface area contributed by atoms with Crippen LogP contribution in [-0.4, -0.2) is 66.3 Å². The van der Waals surface area contributed by atoms with E-state index in [2.05, 4.69) is 15.2 Å². The van der Waals surface area contributed by atoms with Gasteiger partial charge in [-0.1, -0.05) is 0 Å². The van der Waals surface area contributed by atoms with Gasteiger partial charge in [-0.05, 0) is 12.1 Å². The van der Waals surface area contributed by atoms with Crippen molar-refractivity contribution < 1.29 is 19.4 Å². The van der Waals surface area contributed by atoms with Crippen LogP contribution in [0.25, 0.3) is 0 Å². The Hall–Kier alpha value is -1.99. The minimum absolute atomic E-state index is 0.133. The predicted octanol–water partition coefficient (Wildman–Crippen LogP) is -0.158. The molecule has 2 rings (SSSR count). The van der Waals surface area contributed by atoms with Crippen molar-refractivity contribution in [3.8, 4) is 0 Å². The number of aromatic nitrogens is 1. The average Bonchev–Trinajstić information content (AvgIpc) is 2.48. The second kappa shape index (κ2) is 6.97. The number of pyridine rings is 1. The van der Waals surface area contributed by atoms with Crippen LogP contribution in [0.3, 0.4) is 0 Å². The van der Waals surface area contributed by atoms with E-state index in [9.17, 15) is 9.59 Å². The van der Waals surface area contributed by atoms with Crippen molar-refractivity contribution in [2.75, 3.05) is 39.4 Å². The largest absolute Gasteiger partial charge is 0.477 e. The Morgan fingerprint density at radius 3 is 2.85 bits per heavy atom. The normalized spacial score (nSPS) is 15.8. The molecular formula is C13H17N3O4. The van der Waals surface area contributed by atoms with E-state index in [1.807, 2.05) is 0 Å². The van der Waals surface area contributed by atoms with Crippen molar-refractivity contribution in [1.29, 1.82) is 0 Å². The summed E-state index contributed by atoms with van der Waals surface area (Å²) in [6, 6.07) is 2.77. The van der Waals surface area contributed by atoms with Crippen LogP contribution < -0.4 is 5.32 Å². The minimum Gasteiger partial charge on any atom is -0.477 e. The second-order valence-corrected chi connectivity index (χ2v) is 4.44. The number of carboxylic acids is 1. The van der Waals surface area contributed by atoms with Gasteiger partial charge < -0.3 is 15.2 Å². The van der Waals surface area contributed by atoms with Crippen molar-refractivity contribution in [2.24, 2.45) is 0 Å². The number of morpholine rings is 1. The molecule has 1 aromatic heterocycles. The third-order valence-corrected chi connectivity index (χ3v) is 3.06. The number of ether oxygens (including phenoxy) is 1. The molecule has 1 fully saturated rings. The van der Waals surface area contributed by atoms with E-state index in [1.165, 1.54) is 18.3 Å². The molecule has 1 aliphatic rings. The fourth-order valence-electron chi connectivity index (χ4n) is 1.94. The molecule has 7 nitrogen and oxygen atoms in total. The fraction of sp³-hybridized carbons (Fsp3) is 0.462. The Morgan fingerprint density at radius 2 is 2.15 bits per heavy atom. The zero-order valence-corrected chi connectivity index (χ0v) is 11.0. The Morgan fingerprint density at radius 1 is 1.40 bits per heavy atom. The fourth-order valence-corrected chi connectivity index (χ4v) is 1.94. The Balaban J connectivity index is 1.82. The first-order valence-corrected chi connectivity index (χ1v) is 6.44. The molecule has 0 bridgehead atoms. The summed E-state index contributed by atoms with van der Waals surface area (Å²) in [7, 11) is 0. The third kappa shape index (κ3) is 4.01. The Labute approximate surface area is 116 Å². The van der Waals surface area contributed by atoms with Gasteiger partial charge in [0.15, 0.2) is 0 Å². The molecule has 20 heavy (non-hydrogen) atoms. The van der Waals surface area contributed by atoms with Gasteiger partial charge in [-0.3, -0.25) is 9.69 Å². The molecule has 1 aliphatic heterocycles. The monoisotopic (exact) mass is 279 g/mol. The maximum atomic E-state index is 11.9. The highest BCUT2D eigenvalue weighted by molar-refractivity contribution is 5.96. The number of hydrogen-bond donors (Lipinski definition) is 2. The minimum atomic E-state index is -1.15. The van der Waals surface area contributed by atoms with Crippen LogP contribution in [0.2, 0.25) is 0 Å². The highest BCUT2D eigenvalue weighted by atomic mass is 16.5. The van der Waals surface area contributed by atoms with Gasteiger partial charge in [-0.15, -0.1) is 0 Å². The van der Waals surface area contributed by atoms with Crippen LogP contribution in [-0.2, 0) is 4.74 Å². The molecule has 1 aromatic rings. The lowest BCUT2D eigenvalue weighted by Crippen LogP contribution is -2.41. The molecular weight excluding hydrogens is 262 g/mol. The zero-order valence-electron chi connectivity index (χ0n) is 11.0. The summed E-state index contributed by atoms with van der Waals surface area (Å²) in [6.07, 6.45) is 1.32. The quantitative estimate of drug-likeness (QED) is 0.778. The molecule has 0 aromatic carbocycles. The van der Waals surface area contributed by atoms with Gasteiger partial charge in [0.2, 0.25) is 0 Å². The highest BCUT2D eigenvalue weighted by Gasteiger charge is 2.12. The van der Waals surface area contributed by atoms with Crippen LogP contribution in [0.15, 0.2) is 18.3 Å². The number of nitrogens with zero attached hydrogens (tertiary/aromatic N) is 2. The topological polar surface area (TPSA) is 91.8 Å². The number of carbonyl (C=O) groups excluding carboxylic acids is 1. The molecule has 1 saturated heterocycles. The van der Waals surface area contributed by atoms with Gasteiger partial charge in [0, 0.05) is 37.9 Å². The third-order valence-electron chi connectivity index (χ3n) is 3.06. The maximum absolute atomic E-state index is 11.9. The van der Waals surface area contributed by atoms with Crippen molar-refractivity contribution in [3.05, 3.63) is 29.6 Å². The number of carboxylic acid groups (broad SMARTS) is 1. The molecule has 0 saturated carbocycles. The lowest BCUT2D eigenvalue weighted by atomic mass is 10.2. The number of aromatic carboxylic acids is 1. The van der Waals surface area contributed by atoms with Gasteiger partial charge in [0.25, 0.3) is 5.91 Å². The maximum Gasteiger partial charge on any atom is 0.354 e. The molecule has 1 amide bonds. The molecule has 0 unspecified atom stereocenters. The van der Waals surface area contributed by atoms with Crippen molar-refractivity contribution in [1.82, 2.24) is 15.2 Å². The Kier molecular flexibility index (Phi) is 5.03. The summed E-state index contributed by atoms with van der Waals surface area (Å²) in [5.74, 6) is -1.43. The standard InChI is InChI=1S/C13H17N3O4/c17-12(10-1-2-14-11(9-10)13(18)19)15-3-4-16-5-7-20-8-6-16/h1-2,9H,3-8H2,(H,15,17)(H,18,19). The first-order valence-electron chi connectivity index (χ1n) is 6.44. The molecule has 108 valence electrons. The molecule has 0 radical (unpaired) electrons. The molecule has 7 heteroatoms. The van der Waals surface area contributed by atoms with Crippen molar-refractivity contribution in [2.45, 2.75) is 0 Å². The molecule has 0 aliphatic carbocycles. The number of rotatable bonds is 5. The average molecular weight is 279 g/mol. The summed E-state index contributed by atoms with van der Waals surface area (Å²) in [6.45, 7) is 4.46. The van der Waals surface area contributed by atoms with Gasteiger partial charge >= 0.3 is 5.97 Å². The van der Waals surface area contributed by atoms with Crippen molar-refractivity contribution >= 4 is 11.9 Å². The summed E-state index contributed by atoms with van der Waals surface area (Å²) in [4.78, 5) is 28.6. The molecule has 0 atom stereocenters. The summed E-state index contributed by atoms with van der Waals surface area (Å²) >= 11 is 0. The van der Waals surface area contributed by atoms with Gasteiger partial charge in [-0.2, -0.15) is 0 Å². The van der Waals surface area contributed by atoms with Gasteiger partial charge in [-0.25, -0.2) is 9.78 Å². The predicted molar refractivity (Wildman–Crippen MR) is 70.8 cm³/mol. The van der Waals surface area contributed by atoms with Gasteiger partial charge in [0.1, 0.15) is 5.69 Å². The SMILES string of the molecule is O=C(NCCN1CCOCC1)c1ccnc(C(=O)O)c1. The van der Waals surface area contributed by atoms with Crippen LogP contribution >= 0.6 is 0 Å². The van der Waals surface area contributed by atoms with Crippen molar-refractivity contribution in [3.63, 3.8) is 0 Å².